The normalized spacial score (nSPS) is 27.2. The van der Waals surface area contributed by atoms with E-state index < -0.39 is 0 Å². The first-order valence-electron chi connectivity index (χ1n) is 5.32. The molecule has 2 unspecified atom stereocenters. The summed E-state index contributed by atoms with van der Waals surface area (Å²) in [5, 5.41) is 12.4. The van der Waals surface area contributed by atoms with E-state index >= 15 is 0 Å². The van der Waals surface area contributed by atoms with Crippen LogP contribution in [-0.2, 0) is 0 Å². The third kappa shape index (κ3) is 1.61. The molecule has 1 fully saturated rings. The molecule has 0 aromatic carbocycles. The van der Waals surface area contributed by atoms with E-state index in [2.05, 4.69) is 10.3 Å². The second-order valence-corrected chi connectivity index (χ2v) is 4.87. The summed E-state index contributed by atoms with van der Waals surface area (Å²) >= 11 is 0. The summed E-state index contributed by atoms with van der Waals surface area (Å²) in [4.78, 5) is 15.7. The Kier molecular flexibility index (Phi) is 2.50. The molecule has 88 valence electrons. The molecule has 1 heterocycles. The monoisotopic (exact) mass is 224 g/mol. The predicted molar refractivity (Wildman–Crippen MR) is 56.9 cm³/mol. The van der Waals surface area contributed by atoms with E-state index in [-0.39, 0.29) is 29.2 Å². The van der Waals surface area contributed by atoms with Crippen molar-refractivity contribution in [1.82, 2.24) is 10.3 Å². The summed E-state index contributed by atoms with van der Waals surface area (Å²) in [5.74, 6) is -0.0165. The number of oxazole rings is 1. The first-order chi connectivity index (χ1) is 7.43. The van der Waals surface area contributed by atoms with Gasteiger partial charge in [0.05, 0.1) is 11.8 Å². The van der Waals surface area contributed by atoms with Crippen LogP contribution in [0.4, 0.5) is 0 Å². The van der Waals surface area contributed by atoms with Gasteiger partial charge in [0.25, 0.3) is 5.91 Å². The molecule has 1 amide bonds. The van der Waals surface area contributed by atoms with Gasteiger partial charge in [-0.1, -0.05) is 13.8 Å². The number of carbonyl (C=O) groups excluding carboxylic acids is 1. The number of aryl methyl sites for hydroxylation is 1. The van der Waals surface area contributed by atoms with E-state index in [1.807, 2.05) is 13.8 Å². The zero-order valence-electron chi connectivity index (χ0n) is 9.65. The van der Waals surface area contributed by atoms with E-state index in [0.717, 1.165) is 0 Å². The fourth-order valence-corrected chi connectivity index (χ4v) is 1.89. The fourth-order valence-electron chi connectivity index (χ4n) is 1.89. The Balaban J connectivity index is 2.02. The minimum atomic E-state index is -0.353. The van der Waals surface area contributed by atoms with Crippen molar-refractivity contribution >= 4 is 5.91 Å². The van der Waals surface area contributed by atoms with Crippen molar-refractivity contribution < 1.29 is 14.3 Å². The largest absolute Gasteiger partial charge is 0.438 e. The molecule has 5 heteroatoms. The molecule has 1 saturated carbocycles. The Bertz CT molecular complexity index is 411. The molecular formula is C11H16N2O3. The van der Waals surface area contributed by atoms with Gasteiger partial charge in [-0.15, -0.1) is 0 Å². The molecule has 1 aromatic rings. The lowest BCUT2D eigenvalue weighted by Crippen LogP contribution is -2.61. The minimum Gasteiger partial charge on any atom is -0.438 e. The van der Waals surface area contributed by atoms with Crippen molar-refractivity contribution in [3.63, 3.8) is 0 Å². The summed E-state index contributed by atoms with van der Waals surface area (Å²) < 4.78 is 5.00. The molecule has 1 aliphatic rings. The van der Waals surface area contributed by atoms with Gasteiger partial charge in [0.1, 0.15) is 0 Å². The summed E-state index contributed by atoms with van der Waals surface area (Å²) in [5.41, 5.74) is 0.305. The van der Waals surface area contributed by atoms with Crippen LogP contribution in [0.5, 0.6) is 0 Å². The maximum absolute atomic E-state index is 11.8. The summed E-state index contributed by atoms with van der Waals surface area (Å²) in [6.45, 7) is 5.58. The smallest absolute Gasteiger partial charge is 0.289 e. The third-order valence-electron chi connectivity index (χ3n) is 3.47. The highest BCUT2D eigenvalue weighted by Gasteiger charge is 2.48. The zero-order chi connectivity index (χ0) is 11.9. The van der Waals surface area contributed by atoms with Crippen LogP contribution in [0, 0.1) is 12.3 Å². The van der Waals surface area contributed by atoms with E-state index in [1.54, 1.807) is 6.92 Å². The maximum atomic E-state index is 11.8. The third-order valence-corrected chi connectivity index (χ3v) is 3.47. The molecule has 0 spiro atoms. The topological polar surface area (TPSA) is 75.4 Å². The Hall–Kier alpha value is -1.36. The highest BCUT2D eigenvalue weighted by molar-refractivity contribution is 5.92. The Morgan fingerprint density at radius 2 is 2.38 bits per heavy atom. The van der Waals surface area contributed by atoms with Gasteiger partial charge in [0.2, 0.25) is 5.76 Å². The van der Waals surface area contributed by atoms with Gasteiger partial charge < -0.3 is 14.8 Å². The quantitative estimate of drug-likeness (QED) is 0.781. The lowest BCUT2D eigenvalue weighted by Gasteiger charge is -2.49. The Morgan fingerprint density at radius 1 is 1.69 bits per heavy atom. The molecule has 1 aromatic heterocycles. The molecule has 16 heavy (non-hydrogen) atoms. The number of aromatic nitrogens is 1. The average molecular weight is 224 g/mol. The van der Waals surface area contributed by atoms with E-state index in [0.29, 0.717) is 12.1 Å². The van der Waals surface area contributed by atoms with Gasteiger partial charge in [-0.2, -0.15) is 0 Å². The fraction of sp³-hybridized carbons (Fsp3) is 0.636. The SMILES string of the molecule is Cc1ncoc1C(=O)NC1CC(O)C1(C)C. The molecule has 5 nitrogen and oxygen atoms in total. The molecule has 2 atom stereocenters. The zero-order valence-corrected chi connectivity index (χ0v) is 9.65. The van der Waals surface area contributed by atoms with E-state index in [1.165, 1.54) is 6.39 Å². The molecule has 1 aliphatic carbocycles. The van der Waals surface area contributed by atoms with Crippen LogP contribution in [0.15, 0.2) is 10.8 Å². The van der Waals surface area contributed by atoms with Crippen LogP contribution in [0.2, 0.25) is 0 Å². The lowest BCUT2D eigenvalue weighted by molar-refractivity contribution is -0.0691. The second kappa shape index (κ2) is 3.59. The predicted octanol–water partition coefficient (Wildman–Crippen LogP) is 0.872. The van der Waals surface area contributed by atoms with Gasteiger partial charge in [0.15, 0.2) is 6.39 Å². The highest BCUT2D eigenvalue weighted by atomic mass is 16.3. The van der Waals surface area contributed by atoms with Gasteiger partial charge >= 0.3 is 0 Å². The Labute approximate surface area is 93.9 Å². The number of carbonyl (C=O) groups is 1. The first kappa shape index (κ1) is 11.1. The number of nitrogens with one attached hydrogen (secondary N) is 1. The van der Waals surface area contributed by atoms with Crippen LogP contribution in [0.1, 0.15) is 36.5 Å². The van der Waals surface area contributed by atoms with Gasteiger partial charge in [-0.3, -0.25) is 4.79 Å². The average Bonchev–Trinajstić information content (AvgIpc) is 2.64. The van der Waals surface area contributed by atoms with Crippen LogP contribution in [-0.4, -0.2) is 28.1 Å². The number of nitrogens with zero attached hydrogens (tertiary/aromatic N) is 1. The van der Waals surface area contributed by atoms with Crippen molar-refractivity contribution in [3.8, 4) is 0 Å². The number of aliphatic hydroxyl groups excluding tert-OH is 1. The van der Waals surface area contributed by atoms with Crippen molar-refractivity contribution in [2.24, 2.45) is 5.41 Å². The highest BCUT2D eigenvalue weighted by Crippen LogP contribution is 2.40. The summed E-state index contributed by atoms with van der Waals surface area (Å²) in [7, 11) is 0. The molecule has 0 bridgehead atoms. The van der Waals surface area contributed by atoms with Crippen molar-refractivity contribution in [1.29, 1.82) is 0 Å². The van der Waals surface area contributed by atoms with Crippen LogP contribution < -0.4 is 5.32 Å². The lowest BCUT2D eigenvalue weighted by atomic mass is 9.64. The van der Waals surface area contributed by atoms with Gasteiger partial charge in [-0.05, 0) is 13.3 Å². The minimum absolute atomic E-state index is 0.0144. The van der Waals surface area contributed by atoms with Gasteiger partial charge in [0, 0.05) is 11.5 Å². The van der Waals surface area contributed by atoms with Crippen molar-refractivity contribution in [2.75, 3.05) is 0 Å². The maximum Gasteiger partial charge on any atom is 0.289 e. The van der Waals surface area contributed by atoms with Crippen molar-refractivity contribution in [3.05, 3.63) is 17.8 Å². The summed E-state index contributed by atoms with van der Waals surface area (Å²) in [6, 6.07) is -0.0144. The number of aliphatic hydroxyl groups is 1. The Morgan fingerprint density at radius 3 is 2.81 bits per heavy atom. The molecule has 2 rings (SSSR count). The number of hydrogen-bond donors (Lipinski definition) is 2. The number of amides is 1. The first-order valence-corrected chi connectivity index (χ1v) is 5.32. The van der Waals surface area contributed by atoms with Gasteiger partial charge in [-0.25, -0.2) is 4.98 Å². The van der Waals surface area contributed by atoms with Crippen LogP contribution >= 0.6 is 0 Å². The second-order valence-electron chi connectivity index (χ2n) is 4.87. The van der Waals surface area contributed by atoms with Crippen molar-refractivity contribution in [2.45, 2.75) is 39.3 Å². The summed E-state index contributed by atoms with van der Waals surface area (Å²) in [6.07, 6.45) is 1.49. The molecule has 0 saturated heterocycles. The molecule has 0 radical (unpaired) electrons. The van der Waals surface area contributed by atoms with Crippen LogP contribution in [0.3, 0.4) is 0 Å². The molecule has 2 N–H and O–H groups in total. The van der Waals surface area contributed by atoms with E-state index in [4.69, 9.17) is 4.42 Å². The van der Waals surface area contributed by atoms with E-state index in [9.17, 15) is 9.90 Å². The van der Waals surface area contributed by atoms with Crippen LogP contribution in [0.25, 0.3) is 0 Å². The number of hydrogen-bond acceptors (Lipinski definition) is 4. The number of rotatable bonds is 2. The molecule has 0 aliphatic heterocycles. The molecular weight excluding hydrogens is 208 g/mol. The standard InChI is InChI=1S/C11H16N2O3/c1-6-9(16-5-12-6)10(15)13-7-4-8(14)11(7,2)3/h5,7-8,14H,4H2,1-3H3,(H,13,15).